The molecule has 1 aromatic carbocycles. The lowest BCUT2D eigenvalue weighted by Crippen LogP contribution is -2.51. The number of benzene rings is 1. The number of alkyl halides is 3. The lowest BCUT2D eigenvalue weighted by Gasteiger charge is -2.46. The van der Waals surface area contributed by atoms with Gasteiger partial charge in [0.25, 0.3) is 5.56 Å². The molecule has 2 aliphatic heterocycles. The number of hydrogen-bond donors (Lipinski definition) is 0. The summed E-state index contributed by atoms with van der Waals surface area (Å²) in [6.07, 6.45) is 2.72. The minimum absolute atomic E-state index is 0.0792. The van der Waals surface area contributed by atoms with Gasteiger partial charge in [-0.25, -0.2) is 4.98 Å². The number of carbonyl (C=O) groups excluding carboxylic acids is 1. The van der Waals surface area contributed by atoms with E-state index in [1.807, 2.05) is 34.7 Å². The van der Waals surface area contributed by atoms with Gasteiger partial charge in [0.05, 0.1) is 16.5 Å². The van der Waals surface area contributed by atoms with E-state index < -0.39 is 22.9 Å². The smallest absolute Gasteiger partial charge is 0.337 e. The third-order valence-corrected chi connectivity index (χ3v) is 9.41. The number of halogens is 3. The van der Waals surface area contributed by atoms with E-state index in [9.17, 15) is 22.8 Å². The first kappa shape index (κ1) is 27.8. The molecule has 4 aromatic rings. The maximum absolute atomic E-state index is 14.3. The van der Waals surface area contributed by atoms with E-state index in [-0.39, 0.29) is 29.5 Å². The minimum atomic E-state index is -4.69. The molecule has 9 nitrogen and oxygen atoms in total. The molecule has 43 heavy (non-hydrogen) atoms. The number of piperazine rings is 1. The normalized spacial score (nSPS) is 24.4. The zero-order chi connectivity index (χ0) is 30.1. The van der Waals surface area contributed by atoms with Crippen LogP contribution in [-0.4, -0.2) is 65.5 Å². The Kier molecular flexibility index (Phi) is 6.46. The van der Waals surface area contributed by atoms with Crippen LogP contribution in [0.5, 0.6) is 0 Å². The summed E-state index contributed by atoms with van der Waals surface area (Å²) in [5.74, 6) is 1.47. The average Bonchev–Trinajstić information content (AvgIpc) is 3.55. The SMILES string of the molecule is CC1CC(c2cccc(-c3cnc4c(C(F)(F)F)cc(CN5CCN6C(=O)CCC6C5)cn4c3=O)c2)(c2nncn2C)C1. The van der Waals surface area contributed by atoms with E-state index in [2.05, 4.69) is 27.0 Å². The van der Waals surface area contributed by atoms with E-state index in [1.54, 1.807) is 12.4 Å². The first-order valence-corrected chi connectivity index (χ1v) is 14.6. The summed E-state index contributed by atoms with van der Waals surface area (Å²) in [4.78, 5) is 34.1. The number of rotatable bonds is 5. The molecule has 0 bridgehead atoms. The number of hydrogen-bond acceptors (Lipinski definition) is 6. The van der Waals surface area contributed by atoms with Gasteiger partial charge in [0.15, 0.2) is 5.65 Å². The van der Waals surface area contributed by atoms with Crippen LogP contribution in [0.1, 0.15) is 55.1 Å². The first-order chi connectivity index (χ1) is 20.5. The van der Waals surface area contributed by atoms with Crippen molar-refractivity contribution in [1.29, 1.82) is 0 Å². The summed E-state index contributed by atoms with van der Waals surface area (Å²) >= 11 is 0. The van der Waals surface area contributed by atoms with Crippen LogP contribution in [0, 0.1) is 5.92 Å². The van der Waals surface area contributed by atoms with E-state index in [0.717, 1.165) is 41.1 Å². The summed E-state index contributed by atoms with van der Waals surface area (Å²) in [6.45, 7) is 4.13. The highest BCUT2D eigenvalue weighted by molar-refractivity contribution is 5.79. The van der Waals surface area contributed by atoms with Crippen molar-refractivity contribution < 1.29 is 18.0 Å². The maximum Gasteiger partial charge on any atom is 0.419 e. The Labute approximate surface area is 246 Å². The summed E-state index contributed by atoms with van der Waals surface area (Å²) in [6, 6.07) is 8.77. The van der Waals surface area contributed by atoms with Crippen molar-refractivity contribution in [3.8, 4) is 11.1 Å². The van der Waals surface area contributed by atoms with E-state index in [4.69, 9.17) is 0 Å². The van der Waals surface area contributed by atoms with Gasteiger partial charge in [-0.1, -0.05) is 25.1 Å². The Morgan fingerprint density at radius 3 is 2.65 bits per heavy atom. The van der Waals surface area contributed by atoms with Crippen molar-refractivity contribution in [3.05, 3.63) is 81.9 Å². The van der Waals surface area contributed by atoms with E-state index >= 15 is 0 Å². The Hall–Kier alpha value is -4.06. The molecule has 7 rings (SSSR count). The Bertz CT molecular complexity index is 1790. The van der Waals surface area contributed by atoms with Gasteiger partial charge in [0.1, 0.15) is 12.2 Å². The highest BCUT2D eigenvalue weighted by Gasteiger charge is 2.48. The Balaban J connectivity index is 1.28. The predicted octanol–water partition coefficient (Wildman–Crippen LogP) is 4.03. The molecule has 1 aliphatic carbocycles. The van der Waals surface area contributed by atoms with Gasteiger partial charge in [-0.15, -0.1) is 10.2 Å². The molecule has 224 valence electrons. The number of pyridine rings is 1. The minimum Gasteiger partial charge on any atom is -0.337 e. The van der Waals surface area contributed by atoms with Crippen LogP contribution in [-0.2, 0) is 30.0 Å². The van der Waals surface area contributed by atoms with Crippen molar-refractivity contribution in [3.63, 3.8) is 0 Å². The molecule has 12 heteroatoms. The van der Waals surface area contributed by atoms with Gasteiger partial charge in [-0.3, -0.25) is 18.9 Å². The second-order valence-corrected chi connectivity index (χ2v) is 12.4. The summed E-state index contributed by atoms with van der Waals surface area (Å²) in [5.41, 5.74) is -0.108. The molecule has 3 fully saturated rings. The van der Waals surface area contributed by atoms with Crippen molar-refractivity contribution in [2.45, 2.75) is 56.8 Å². The zero-order valence-electron chi connectivity index (χ0n) is 24.0. The summed E-state index contributed by atoms with van der Waals surface area (Å²) in [5, 5.41) is 8.48. The lowest BCUT2D eigenvalue weighted by atomic mass is 9.58. The molecule has 2 saturated heterocycles. The molecular weight excluding hydrogens is 559 g/mol. The van der Waals surface area contributed by atoms with Gasteiger partial charge < -0.3 is 9.47 Å². The topological polar surface area (TPSA) is 88.6 Å². The molecule has 0 N–H and O–H groups in total. The van der Waals surface area contributed by atoms with Crippen LogP contribution in [0.2, 0.25) is 0 Å². The third kappa shape index (κ3) is 4.62. The average molecular weight is 592 g/mol. The van der Waals surface area contributed by atoms with Crippen molar-refractivity contribution in [1.82, 2.24) is 33.9 Å². The van der Waals surface area contributed by atoms with E-state index in [1.165, 1.54) is 12.4 Å². The van der Waals surface area contributed by atoms with Gasteiger partial charge in [-0.2, -0.15) is 13.2 Å². The quantitative estimate of drug-likeness (QED) is 0.348. The number of aryl methyl sites for hydroxylation is 1. The molecule has 1 saturated carbocycles. The number of carbonyl (C=O) groups is 1. The maximum atomic E-state index is 14.3. The molecule has 1 amide bonds. The molecule has 1 unspecified atom stereocenters. The first-order valence-electron chi connectivity index (χ1n) is 14.6. The largest absolute Gasteiger partial charge is 0.419 e. The number of amides is 1. The second kappa shape index (κ2) is 10.0. The van der Waals surface area contributed by atoms with Crippen molar-refractivity contribution in [2.75, 3.05) is 19.6 Å². The van der Waals surface area contributed by atoms with Gasteiger partial charge in [-0.05, 0) is 54.0 Å². The summed E-state index contributed by atoms with van der Waals surface area (Å²) < 4.78 is 45.7. The van der Waals surface area contributed by atoms with Crippen LogP contribution < -0.4 is 5.56 Å². The number of aromatic nitrogens is 5. The standard InChI is InChI=1S/C31H32F3N7O2/c1-19-12-30(13-19,29-37-36-18-38(29)2)22-5-3-4-21(11-22)24-14-35-27-25(31(32,33)34)10-20(16-41(27)28(24)43)15-39-8-9-40-23(17-39)6-7-26(40)42/h3-5,10-11,14,16,18-19,23H,6-9,12-13,15,17H2,1-2H3. The predicted molar refractivity (Wildman–Crippen MR) is 152 cm³/mol. The van der Waals surface area contributed by atoms with Gasteiger partial charge in [0.2, 0.25) is 5.91 Å². The third-order valence-electron chi connectivity index (χ3n) is 9.41. The molecular formula is C31H32F3N7O2. The van der Waals surface area contributed by atoms with Crippen LogP contribution in [0.3, 0.4) is 0 Å². The molecule has 3 aromatic heterocycles. The number of fused-ring (bicyclic) bond motifs is 2. The fraction of sp³-hybridized carbons (Fsp3) is 0.452. The monoisotopic (exact) mass is 591 g/mol. The molecule has 1 atom stereocenters. The fourth-order valence-electron chi connectivity index (χ4n) is 7.44. The van der Waals surface area contributed by atoms with E-state index in [0.29, 0.717) is 43.1 Å². The van der Waals surface area contributed by atoms with Crippen LogP contribution in [0.15, 0.2) is 53.8 Å². The molecule has 0 spiro atoms. The fourth-order valence-corrected chi connectivity index (χ4v) is 7.44. The zero-order valence-corrected chi connectivity index (χ0v) is 24.0. The number of nitrogens with zero attached hydrogens (tertiary/aromatic N) is 7. The van der Waals surface area contributed by atoms with Crippen LogP contribution in [0.4, 0.5) is 13.2 Å². The lowest BCUT2D eigenvalue weighted by molar-refractivity contribution is -0.137. The van der Waals surface area contributed by atoms with Crippen molar-refractivity contribution >= 4 is 11.6 Å². The molecule has 0 radical (unpaired) electrons. The highest BCUT2D eigenvalue weighted by atomic mass is 19.4. The highest BCUT2D eigenvalue weighted by Crippen LogP contribution is 2.51. The van der Waals surface area contributed by atoms with Crippen molar-refractivity contribution in [2.24, 2.45) is 13.0 Å². The Morgan fingerprint density at radius 2 is 1.93 bits per heavy atom. The van der Waals surface area contributed by atoms with Gasteiger partial charge in [0, 0.05) is 58.1 Å². The van der Waals surface area contributed by atoms with Gasteiger partial charge >= 0.3 is 6.18 Å². The molecule has 3 aliphatic rings. The Morgan fingerprint density at radius 1 is 1.12 bits per heavy atom. The van der Waals surface area contributed by atoms with Crippen LogP contribution in [0.25, 0.3) is 16.8 Å². The van der Waals surface area contributed by atoms with Crippen LogP contribution >= 0.6 is 0 Å². The summed E-state index contributed by atoms with van der Waals surface area (Å²) in [7, 11) is 1.91. The molecule has 5 heterocycles. The second-order valence-electron chi connectivity index (χ2n) is 12.4.